The number of hydrogen-bond donors (Lipinski definition) is 0. The van der Waals surface area contributed by atoms with E-state index in [2.05, 4.69) is 4.85 Å². The van der Waals surface area contributed by atoms with E-state index in [1.807, 2.05) is 6.92 Å². The van der Waals surface area contributed by atoms with Crippen molar-refractivity contribution in [2.24, 2.45) is 0 Å². The summed E-state index contributed by atoms with van der Waals surface area (Å²) in [5, 5.41) is 0.589. The minimum atomic E-state index is 0.501. The van der Waals surface area contributed by atoms with Gasteiger partial charge in [-0.3, -0.25) is 0 Å². The van der Waals surface area contributed by atoms with Gasteiger partial charge in [0.2, 0.25) is 5.69 Å². The number of hydrogen-bond acceptors (Lipinski definition) is 1. The SMILES string of the molecule is [C-]#[N+]c1ccc(Cl)cc1OCC. The van der Waals surface area contributed by atoms with Gasteiger partial charge in [0.15, 0.2) is 0 Å². The normalized spacial score (nSPS) is 9.08. The van der Waals surface area contributed by atoms with Gasteiger partial charge < -0.3 is 4.74 Å². The van der Waals surface area contributed by atoms with Crippen LogP contribution in [0.5, 0.6) is 5.75 Å². The van der Waals surface area contributed by atoms with Crippen molar-refractivity contribution in [3.8, 4) is 5.75 Å². The van der Waals surface area contributed by atoms with Crippen LogP contribution in [-0.2, 0) is 0 Å². The van der Waals surface area contributed by atoms with Crippen molar-refractivity contribution in [2.45, 2.75) is 6.92 Å². The van der Waals surface area contributed by atoms with Crippen LogP contribution < -0.4 is 4.74 Å². The van der Waals surface area contributed by atoms with Gasteiger partial charge in [-0.05, 0) is 13.0 Å². The summed E-state index contributed by atoms with van der Waals surface area (Å²) in [5.41, 5.74) is 0.501. The van der Waals surface area contributed by atoms with E-state index in [1.165, 1.54) is 0 Å². The summed E-state index contributed by atoms with van der Waals surface area (Å²) in [7, 11) is 0. The first-order valence-electron chi connectivity index (χ1n) is 3.57. The standard InChI is InChI=1S/C9H8ClNO/c1-3-12-9-6-7(10)4-5-8(9)11-2/h4-6H,3H2,1H3. The number of nitrogens with zero attached hydrogens (tertiary/aromatic N) is 1. The third kappa shape index (κ3) is 1.90. The molecule has 0 radical (unpaired) electrons. The zero-order valence-electron chi connectivity index (χ0n) is 6.67. The highest BCUT2D eigenvalue weighted by molar-refractivity contribution is 6.30. The van der Waals surface area contributed by atoms with Gasteiger partial charge in [-0.1, -0.05) is 23.7 Å². The molecule has 1 aromatic carbocycles. The topological polar surface area (TPSA) is 13.6 Å². The maximum absolute atomic E-state index is 6.84. The summed E-state index contributed by atoms with van der Waals surface area (Å²) in [6.45, 7) is 9.25. The van der Waals surface area contributed by atoms with Crippen molar-refractivity contribution in [1.29, 1.82) is 0 Å². The fourth-order valence-corrected chi connectivity index (χ4v) is 1.01. The summed E-state index contributed by atoms with van der Waals surface area (Å²) < 4.78 is 5.21. The molecule has 1 aromatic rings. The maximum Gasteiger partial charge on any atom is 0.228 e. The van der Waals surface area contributed by atoms with Gasteiger partial charge in [0, 0.05) is 5.02 Å². The van der Waals surface area contributed by atoms with Gasteiger partial charge in [-0.2, -0.15) is 0 Å². The molecule has 0 saturated heterocycles. The van der Waals surface area contributed by atoms with Crippen LogP contribution in [0.15, 0.2) is 18.2 Å². The van der Waals surface area contributed by atoms with Gasteiger partial charge >= 0.3 is 0 Å². The molecule has 0 unspecified atom stereocenters. The molecule has 0 aliphatic carbocycles. The molecule has 3 heteroatoms. The summed E-state index contributed by atoms with van der Waals surface area (Å²) in [4.78, 5) is 3.30. The van der Waals surface area contributed by atoms with Crippen LogP contribution in [0, 0.1) is 6.57 Å². The highest BCUT2D eigenvalue weighted by atomic mass is 35.5. The van der Waals surface area contributed by atoms with Gasteiger partial charge in [-0.25, -0.2) is 4.85 Å². The van der Waals surface area contributed by atoms with Crippen LogP contribution in [-0.4, -0.2) is 6.61 Å². The average molecular weight is 182 g/mol. The lowest BCUT2D eigenvalue weighted by atomic mass is 10.3. The number of benzene rings is 1. The highest BCUT2D eigenvalue weighted by Crippen LogP contribution is 2.30. The van der Waals surface area contributed by atoms with Gasteiger partial charge in [0.1, 0.15) is 5.75 Å². The first-order chi connectivity index (χ1) is 5.77. The molecule has 1 rings (SSSR count). The first kappa shape index (κ1) is 8.89. The van der Waals surface area contributed by atoms with Crippen molar-refractivity contribution in [1.82, 2.24) is 0 Å². The third-order valence-electron chi connectivity index (χ3n) is 1.34. The zero-order valence-corrected chi connectivity index (χ0v) is 7.43. The van der Waals surface area contributed by atoms with Gasteiger partial charge in [0.25, 0.3) is 0 Å². The van der Waals surface area contributed by atoms with E-state index in [4.69, 9.17) is 22.9 Å². The van der Waals surface area contributed by atoms with Gasteiger partial charge in [0.05, 0.1) is 13.2 Å². The van der Waals surface area contributed by atoms with E-state index in [-0.39, 0.29) is 0 Å². The molecule has 0 aliphatic rings. The summed E-state index contributed by atoms with van der Waals surface area (Å²) in [5.74, 6) is 0.556. The second-order valence-electron chi connectivity index (χ2n) is 2.16. The largest absolute Gasteiger partial charge is 0.505 e. The molecule has 0 atom stereocenters. The molecule has 0 bridgehead atoms. The second-order valence-corrected chi connectivity index (χ2v) is 2.59. The molecule has 0 heterocycles. The van der Waals surface area contributed by atoms with Crippen molar-refractivity contribution in [3.63, 3.8) is 0 Å². The van der Waals surface area contributed by atoms with Crippen LogP contribution in [0.1, 0.15) is 6.92 Å². The lowest BCUT2D eigenvalue weighted by Gasteiger charge is -2.04. The Morgan fingerprint density at radius 3 is 2.92 bits per heavy atom. The lowest BCUT2D eigenvalue weighted by molar-refractivity contribution is 0.342. The first-order valence-corrected chi connectivity index (χ1v) is 3.95. The molecule has 2 nitrogen and oxygen atoms in total. The van der Waals surface area contributed by atoms with Crippen molar-refractivity contribution in [2.75, 3.05) is 6.61 Å². The molecular formula is C9H8ClNO. The fraction of sp³-hybridized carbons (Fsp3) is 0.222. The molecule has 0 spiro atoms. The Kier molecular flexibility index (Phi) is 2.95. The van der Waals surface area contributed by atoms with Crippen LogP contribution in [0.25, 0.3) is 4.85 Å². The van der Waals surface area contributed by atoms with E-state index in [1.54, 1.807) is 18.2 Å². The predicted molar refractivity (Wildman–Crippen MR) is 48.9 cm³/mol. The molecule has 12 heavy (non-hydrogen) atoms. The smallest absolute Gasteiger partial charge is 0.228 e. The number of rotatable bonds is 2. The summed E-state index contributed by atoms with van der Waals surface area (Å²) in [6, 6.07) is 4.98. The highest BCUT2D eigenvalue weighted by Gasteiger charge is 2.02. The monoisotopic (exact) mass is 181 g/mol. The maximum atomic E-state index is 6.84. The molecule has 0 aromatic heterocycles. The van der Waals surface area contributed by atoms with Crippen molar-refractivity contribution >= 4 is 17.3 Å². The zero-order chi connectivity index (χ0) is 8.97. The van der Waals surface area contributed by atoms with E-state index >= 15 is 0 Å². The van der Waals surface area contributed by atoms with E-state index in [0.717, 1.165) is 0 Å². The Labute approximate surface area is 76.5 Å². The molecule has 0 saturated carbocycles. The molecule has 62 valence electrons. The molecule has 0 aliphatic heterocycles. The van der Waals surface area contributed by atoms with Gasteiger partial charge in [-0.15, -0.1) is 0 Å². The van der Waals surface area contributed by atoms with E-state index < -0.39 is 0 Å². The van der Waals surface area contributed by atoms with Crippen molar-refractivity contribution in [3.05, 3.63) is 34.6 Å². The Morgan fingerprint density at radius 1 is 1.58 bits per heavy atom. The Balaban J connectivity index is 3.06. The molecular weight excluding hydrogens is 174 g/mol. The van der Waals surface area contributed by atoms with E-state index in [0.29, 0.717) is 23.1 Å². The van der Waals surface area contributed by atoms with Crippen LogP contribution in [0.2, 0.25) is 5.02 Å². The fourth-order valence-electron chi connectivity index (χ4n) is 0.851. The quantitative estimate of drug-likeness (QED) is 0.639. The second kappa shape index (κ2) is 3.99. The Hall–Kier alpha value is -1.20. The summed E-state index contributed by atoms with van der Waals surface area (Å²) in [6.07, 6.45) is 0. The lowest BCUT2D eigenvalue weighted by Crippen LogP contribution is -1.90. The third-order valence-corrected chi connectivity index (χ3v) is 1.58. The van der Waals surface area contributed by atoms with E-state index in [9.17, 15) is 0 Å². The predicted octanol–water partition coefficient (Wildman–Crippen LogP) is 3.29. The molecule has 0 amide bonds. The molecule has 0 fully saturated rings. The Morgan fingerprint density at radius 2 is 2.33 bits per heavy atom. The van der Waals surface area contributed by atoms with Crippen molar-refractivity contribution < 1.29 is 4.74 Å². The van der Waals surface area contributed by atoms with Crippen LogP contribution in [0.4, 0.5) is 5.69 Å². The minimum Gasteiger partial charge on any atom is -0.505 e. The molecule has 0 N–H and O–H groups in total. The number of ether oxygens (including phenoxy) is 1. The minimum absolute atomic E-state index is 0.501. The number of halogens is 1. The van der Waals surface area contributed by atoms with Crippen LogP contribution >= 0.6 is 11.6 Å². The average Bonchev–Trinajstić information content (AvgIpc) is 2.05. The Bertz CT molecular complexity index is 317. The van der Waals surface area contributed by atoms with Crippen LogP contribution in [0.3, 0.4) is 0 Å². The summed E-state index contributed by atoms with van der Waals surface area (Å²) >= 11 is 5.73.